The smallest absolute Gasteiger partial charge is 0.138 e. The minimum Gasteiger partial charge on any atom is -0.299 e. The molecular weight excluding hydrogens is 200 g/mol. The van der Waals surface area contributed by atoms with Crippen molar-refractivity contribution in [3.05, 3.63) is 0 Å². The van der Waals surface area contributed by atoms with E-state index in [0.717, 1.165) is 25.7 Å². The maximum absolute atomic E-state index is 11.8. The van der Waals surface area contributed by atoms with Crippen LogP contribution in [0.25, 0.3) is 0 Å². The molecule has 1 saturated carbocycles. The van der Waals surface area contributed by atoms with Gasteiger partial charge in [0.15, 0.2) is 0 Å². The van der Waals surface area contributed by atoms with Crippen LogP contribution in [-0.4, -0.2) is 11.6 Å². The molecule has 2 unspecified atom stereocenters. The number of carbonyl (C=O) groups excluding carboxylic acids is 2. The second kappa shape index (κ2) is 5.11. The van der Waals surface area contributed by atoms with Crippen molar-refractivity contribution in [3.63, 3.8) is 0 Å². The van der Waals surface area contributed by atoms with Crippen LogP contribution in [0.3, 0.4) is 0 Å². The van der Waals surface area contributed by atoms with Gasteiger partial charge in [-0.2, -0.15) is 0 Å². The van der Waals surface area contributed by atoms with Gasteiger partial charge < -0.3 is 0 Å². The molecule has 0 bridgehead atoms. The van der Waals surface area contributed by atoms with Crippen molar-refractivity contribution in [1.29, 1.82) is 0 Å². The molecule has 16 heavy (non-hydrogen) atoms. The monoisotopic (exact) mass is 224 g/mol. The molecule has 0 saturated heterocycles. The van der Waals surface area contributed by atoms with Crippen molar-refractivity contribution in [2.24, 2.45) is 17.3 Å². The van der Waals surface area contributed by atoms with E-state index < -0.39 is 0 Å². The van der Waals surface area contributed by atoms with E-state index in [1.165, 1.54) is 0 Å². The predicted octanol–water partition coefficient (Wildman–Crippen LogP) is 3.39. The Morgan fingerprint density at radius 2 is 2.06 bits per heavy atom. The number of carbonyl (C=O) groups is 2. The predicted molar refractivity (Wildman–Crippen MR) is 65.2 cm³/mol. The molecule has 2 heteroatoms. The van der Waals surface area contributed by atoms with E-state index in [0.29, 0.717) is 23.9 Å². The van der Waals surface area contributed by atoms with Crippen molar-refractivity contribution < 1.29 is 9.59 Å². The number of hydrogen-bond acceptors (Lipinski definition) is 2. The maximum Gasteiger partial charge on any atom is 0.138 e. The Morgan fingerprint density at radius 3 is 2.50 bits per heavy atom. The van der Waals surface area contributed by atoms with E-state index in [9.17, 15) is 9.59 Å². The molecule has 0 aliphatic heterocycles. The minimum atomic E-state index is -0.242. The molecule has 0 aromatic heterocycles. The summed E-state index contributed by atoms with van der Waals surface area (Å²) in [6.07, 6.45) is 4.36. The molecule has 92 valence electrons. The van der Waals surface area contributed by atoms with Crippen LogP contribution in [0.15, 0.2) is 0 Å². The van der Waals surface area contributed by atoms with E-state index in [1.54, 1.807) is 0 Å². The Kier molecular flexibility index (Phi) is 4.28. The average Bonchev–Trinajstić information content (AvgIpc) is 2.50. The quantitative estimate of drug-likeness (QED) is 0.733. The van der Waals surface area contributed by atoms with Crippen LogP contribution in [0.5, 0.6) is 0 Å². The van der Waals surface area contributed by atoms with E-state index in [1.807, 2.05) is 20.8 Å². The minimum absolute atomic E-state index is 0.239. The van der Waals surface area contributed by atoms with Gasteiger partial charge in [-0.25, -0.2) is 0 Å². The molecule has 1 aliphatic carbocycles. The Balaban J connectivity index is 2.39. The van der Waals surface area contributed by atoms with Gasteiger partial charge in [-0.05, 0) is 25.2 Å². The fourth-order valence-corrected chi connectivity index (χ4v) is 2.33. The van der Waals surface area contributed by atoms with Crippen LogP contribution >= 0.6 is 0 Å². The maximum atomic E-state index is 11.8. The molecular formula is C14H24O2. The molecule has 1 rings (SSSR count). The summed E-state index contributed by atoms with van der Waals surface area (Å²) in [5, 5.41) is 0. The molecule has 2 nitrogen and oxygen atoms in total. The highest BCUT2D eigenvalue weighted by Crippen LogP contribution is 2.30. The molecule has 0 spiro atoms. The highest BCUT2D eigenvalue weighted by atomic mass is 16.1. The highest BCUT2D eigenvalue weighted by Gasteiger charge is 2.28. The zero-order chi connectivity index (χ0) is 12.3. The topological polar surface area (TPSA) is 34.1 Å². The van der Waals surface area contributed by atoms with E-state index >= 15 is 0 Å². The zero-order valence-electron chi connectivity index (χ0n) is 11.0. The number of ketones is 2. The van der Waals surface area contributed by atoms with Gasteiger partial charge in [-0.3, -0.25) is 9.59 Å². The average molecular weight is 224 g/mol. The first-order chi connectivity index (χ1) is 7.30. The standard InChI is InChI=1S/C14H24O2/c1-10(9-13(16)14(2,3)4)8-11-6-5-7-12(11)15/h10-11H,5-9H2,1-4H3. The Labute approximate surface area is 98.8 Å². The van der Waals surface area contributed by atoms with Crippen LogP contribution in [0.4, 0.5) is 0 Å². The normalized spacial score (nSPS) is 23.5. The fourth-order valence-electron chi connectivity index (χ4n) is 2.33. The first-order valence-corrected chi connectivity index (χ1v) is 6.36. The molecule has 0 amide bonds. The first-order valence-electron chi connectivity index (χ1n) is 6.36. The number of hydrogen-bond donors (Lipinski definition) is 0. The van der Waals surface area contributed by atoms with Crippen LogP contribution in [0, 0.1) is 17.3 Å². The van der Waals surface area contributed by atoms with Gasteiger partial charge in [0.2, 0.25) is 0 Å². The molecule has 1 fully saturated rings. The summed E-state index contributed by atoms with van der Waals surface area (Å²) in [6, 6.07) is 0. The van der Waals surface area contributed by atoms with E-state index in [4.69, 9.17) is 0 Å². The number of Topliss-reactive ketones (excluding diaryl/α,β-unsaturated/α-hetero) is 2. The van der Waals surface area contributed by atoms with Gasteiger partial charge in [0, 0.05) is 24.2 Å². The van der Waals surface area contributed by atoms with Gasteiger partial charge in [-0.1, -0.05) is 27.7 Å². The van der Waals surface area contributed by atoms with Gasteiger partial charge >= 0.3 is 0 Å². The van der Waals surface area contributed by atoms with E-state index in [2.05, 4.69) is 6.92 Å². The third-order valence-electron chi connectivity index (χ3n) is 3.49. The molecule has 0 N–H and O–H groups in total. The van der Waals surface area contributed by atoms with Crippen LogP contribution in [0.1, 0.15) is 59.8 Å². The van der Waals surface area contributed by atoms with Crippen LogP contribution in [0.2, 0.25) is 0 Å². The summed E-state index contributed by atoms with van der Waals surface area (Å²) in [6.45, 7) is 7.98. The lowest BCUT2D eigenvalue weighted by Gasteiger charge is -2.21. The molecule has 0 heterocycles. The van der Waals surface area contributed by atoms with Gasteiger partial charge in [0.25, 0.3) is 0 Å². The van der Waals surface area contributed by atoms with Crippen LogP contribution < -0.4 is 0 Å². The highest BCUT2D eigenvalue weighted by molar-refractivity contribution is 5.84. The molecule has 0 aromatic carbocycles. The lowest BCUT2D eigenvalue weighted by molar-refractivity contribution is -0.128. The van der Waals surface area contributed by atoms with Gasteiger partial charge in [-0.15, -0.1) is 0 Å². The lowest BCUT2D eigenvalue weighted by atomic mass is 9.82. The fraction of sp³-hybridized carbons (Fsp3) is 0.857. The second-order valence-electron chi connectivity index (χ2n) is 6.27. The summed E-state index contributed by atoms with van der Waals surface area (Å²) in [5.41, 5.74) is -0.242. The Hall–Kier alpha value is -0.660. The van der Waals surface area contributed by atoms with Crippen molar-refractivity contribution in [2.75, 3.05) is 0 Å². The summed E-state index contributed by atoms with van der Waals surface area (Å²) in [4.78, 5) is 23.4. The summed E-state index contributed by atoms with van der Waals surface area (Å²) >= 11 is 0. The largest absolute Gasteiger partial charge is 0.299 e. The third kappa shape index (κ3) is 3.73. The van der Waals surface area contributed by atoms with Crippen molar-refractivity contribution in [2.45, 2.75) is 59.8 Å². The van der Waals surface area contributed by atoms with Crippen molar-refractivity contribution in [3.8, 4) is 0 Å². The first kappa shape index (κ1) is 13.4. The molecule has 0 aromatic rings. The third-order valence-corrected chi connectivity index (χ3v) is 3.49. The summed E-state index contributed by atoms with van der Waals surface area (Å²) < 4.78 is 0. The molecule has 0 radical (unpaired) electrons. The van der Waals surface area contributed by atoms with Crippen LogP contribution in [-0.2, 0) is 9.59 Å². The Morgan fingerprint density at radius 1 is 1.44 bits per heavy atom. The molecule has 2 atom stereocenters. The second-order valence-corrected chi connectivity index (χ2v) is 6.27. The number of rotatable bonds is 4. The van der Waals surface area contributed by atoms with E-state index in [-0.39, 0.29) is 11.3 Å². The SMILES string of the molecule is CC(CC(=O)C(C)(C)C)CC1CCCC1=O. The zero-order valence-corrected chi connectivity index (χ0v) is 11.0. The van der Waals surface area contributed by atoms with Gasteiger partial charge in [0.05, 0.1) is 0 Å². The summed E-state index contributed by atoms with van der Waals surface area (Å²) in [5.74, 6) is 1.31. The molecule has 1 aliphatic rings. The lowest BCUT2D eigenvalue weighted by Crippen LogP contribution is -2.23. The summed E-state index contributed by atoms with van der Waals surface area (Å²) in [7, 11) is 0. The van der Waals surface area contributed by atoms with Gasteiger partial charge in [0.1, 0.15) is 11.6 Å². The van der Waals surface area contributed by atoms with Crippen molar-refractivity contribution >= 4 is 11.6 Å². The van der Waals surface area contributed by atoms with Crippen molar-refractivity contribution in [1.82, 2.24) is 0 Å². The Bertz CT molecular complexity index is 273.